The highest BCUT2D eigenvalue weighted by Gasteiger charge is 2.15. The number of hydrogen-bond donors (Lipinski definition) is 1. The minimum absolute atomic E-state index is 0.107. The van der Waals surface area contributed by atoms with E-state index in [4.69, 9.17) is 0 Å². The molecule has 0 aromatic carbocycles. The van der Waals surface area contributed by atoms with E-state index in [0.29, 0.717) is 6.54 Å². The van der Waals surface area contributed by atoms with Gasteiger partial charge in [0.25, 0.3) is 0 Å². The summed E-state index contributed by atoms with van der Waals surface area (Å²) < 4.78 is 1.52. The van der Waals surface area contributed by atoms with Gasteiger partial charge in [-0.05, 0) is 13.0 Å². The number of pyridine rings is 1. The lowest BCUT2D eigenvalue weighted by Gasteiger charge is -2.17. The van der Waals surface area contributed by atoms with E-state index in [-0.39, 0.29) is 5.91 Å². The quantitative estimate of drug-likeness (QED) is 0.865. The fraction of sp³-hybridized carbons (Fsp3) is 0.385. The smallest absolute Gasteiger partial charge is 0.244 e. The molecule has 0 unspecified atom stereocenters. The van der Waals surface area contributed by atoms with Crippen LogP contribution in [0.3, 0.4) is 0 Å². The van der Waals surface area contributed by atoms with E-state index < -0.39 is 6.04 Å². The van der Waals surface area contributed by atoms with Crippen LogP contribution in [0.15, 0.2) is 31.0 Å². The molecule has 0 aliphatic rings. The fourth-order valence-corrected chi connectivity index (χ4v) is 1.84. The van der Waals surface area contributed by atoms with Crippen LogP contribution in [0.2, 0.25) is 0 Å². The third-order valence-electron chi connectivity index (χ3n) is 2.96. The Hall–Kier alpha value is -2.44. The van der Waals surface area contributed by atoms with Crippen molar-refractivity contribution in [3.63, 3.8) is 0 Å². The number of anilines is 1. The normalized spacial score (nSPS) is 11.9. The van der Waals surface area contributed by atoms with Gasteiger partial charge < -0.3 is 10.2 Å². The third-order valence-corrected chi connectivity index (χ3v) is 2.96. The molecule has 1 N–H and O–H groups in total. The Labute approximate surface area is 117 Å². The SMILES string of the molecule is C[C@@H](C(=O)NCc1cccnc1N(C)C)n1cncn1. The van der Waals surface area contributed by atoms with Crippen molar-refractivity contribution >= 4 is 11.7 Å². The van der Waals surface area contributed by atoms with Crippen LogP contribution in [0, 0.1) is 0 Å². The van der Waals surface area contributed by atoms with Crippen molar-refractivity contribution < 1.29 is 4.79 Å². The first-order valence-electron chi connectivity index (χ1n) is 6.32. The van der Waals surface area contributed by atoms with Gasteiger partial charge in [0.1, 0.15) is 24.5 Å². The summed E-state index contributed by atoms with van der Waals surface area (Å²) in [4.78, 5) is 22.1. The van der Waals surface area contributed by atoms with Crippen LogP contribution in [0.1, 0.15) is 18.5 Å². The topological polar surface area (TPSA) is 75.9 Å². The van der Waals surface area contributed by atoms with Gasteiger partial charge in [0, 0.05) is 32.4 Å². The van der Waals surface area contributed by atoms with Crippen LogP contribution in [0.25, 0.3) is 0 Å². The van der Waals surface area contributed by atoms with Crippen LogP contribution in [0.5, 0.6) is 0 Å². The molecule has 0 fully saturated rings. The van der Waals surface area contributed by atoms with Crippen molar-refractivity contribution in [3.05, 3.63) is 36.5 Å². The number of carbonyl (C=O) groups excluding carboxylic acids is 1. The minimum atomic E-state index is -0.392. The molecular formula is C13H18N6O. The van der Waals surface area contributed by atoms with Gasteiger partial charge in [-0.1, -0.05) is 6.07 Å². The van der Waals surface area contributed by atoms with E-state index in [1.54, 1.807) is 13.1 Å². The van der Waals surface area contributed by atoms with Gasteiger partial charge in [-0.25, -0.2) is 14.6 Å². The van der Waals surface area contributed by atoms with Crippen molar-refractivity contribution in [2.75, 3.05) is 19.0 Å². The summed E-state index contributed by atoms with van der Waals surface area (Å²) in [6, 6.07) is 3.41. The van der Waals surface area contributed by atoms with Gasteiger partial charge in [0.2, 0.25) is 5.91 Å². The molecule has 0 bridgehead atoms. The summed E-state index contributed by atoms with van der Waals surface area (Å²) in [5, 5.41) is 6.85. The predicted octanol–water partition coefficient (Wildman–Crippen LogP) is 0.616. The van der Waals surface area contributed by atoms with Gasteiger partial charge in [-0.3, -0.25) is 4.79 Å². The summed E-state index contributed by atoms with van der Waals surface area (Å²) in [6.45, 7) is 2.21. The molecule has 2 rings (SSSR count). The summed E-state index contributed by atoms with van der Waals surface area (Å²) in [5.41, 5.74) is 0.969. The molecule has 0 spiro atoms. The average Bonchev–Trinajstić information content (AvgIpc) is 2.98. The Bertz CT molecular complexity index is 566. The number of nitrogens with one attached hydrogen (secondary N) is 1. The van der Waals surface area contributed by atoms with Crippen molar-refractivity contribution in [3.8, 4) is 0 Å². The van der Waals surface area contributed by atoms with Crippen LogP contribution in [0.4, 0.5) is 5.82 Å². The van der Waals surface area contributed by atoms with Crippen molar-refractivity contribution in [2.24, 2.45) is 0 Å². The van der Waals surface area contributed by atoms with E-state index in [9.17, 15) is 4.79 Å². The van der Waals surface area contributed by atoms with Crippen molar-refractivity contribution in [1.82, 2.24) is 25.1 Å². The lowest BCUT2D eigenvalue weighted by atomic mass is 10.2. The van der Waals surface area contributed by atoms with Gasteiger partial charge in [0.05, 0.1) is 0 Å². The lowest BCUT2D eigenvalue weighted by Crippen LogP contribution is -2.31. The van der Waals surface area contributed by atoms with Gasteiger partial charge >= 0.3 is 0 Å². The van der Waals surface area contributed by atoms with Crippen LogP contribution in [-0.4, -0.2) is 39.8 Å². The summed E-state index contributed by atoms with van der Waals surface area (Å²) in [7, 11) is 3.84. The monoisotopic (exact) mass is 274 g/mol. The van der Waals surface area contributed by atoms with E-state index in [1.807, 2.05) is 31.1 Å². The number of hydrogen-bond acceptors (Lipinski definition) is 5. The first-order chi connectivity index (χ1) is 9.59. The number of aromatic nitrogens is 4. The maximum Gasteiger partial charge on any atom is 0.244 e. The Balaban J connectivity index is 2.00. The largest absolute Gasteiger partial charge is 0.362 e. The van der Waals surface area contributed by atoms with E-state index in [0.717, 1.165) is 11.4 Å². The molecule has 2 aromatic heterocycles. The zero-order valence-corrected chi connectivity index (χ0v) is 11.8. The maximum atomic E-state index is 12.1. The molecule has 0 saturated heterocycles. The Morgan fingerprint density at radius 1 is 1.50 bits per heavy atom. The molecule has 0 saturated carbocycles. The van der Waals surface area contributed by atoms with Gasteiger partial charge in [-0.15, -0.1) is 0 Å². The number of carbonyl (C=O) groups is 1. The predicted molar refractivity (Wildman–Crippen MR) is 75.1 cm³/mol. The van der Waals surface area contributed by atoms with E-state index >= 15 is 0 Å². The summed E-state index contributed by atoms with van der Waals surface area (Å²) >= 11 is 0. The van der Waals surface area contributed by atoms with Gasteiger partial charge in [0.15, 0.2) is 0 Å². The number of nitrogens with zero attached hydrogens (tertiary/aromatic N) is 5. The Kier molecular flexibility index (Phi) is 4.29. The molecule has 2 heterocycles. The molecule has 106 valence electrons. The van der Waals surface area contributed by atoms with Crippen molar-refractivity contribution in [1.29, 1.82) is 0 Å². The number of amides is 1. The molecule has 20 heavy (non-hydrogen) atoms. The lowest BCUT2D eigenvalue weighted by molar-refractivity contribution is -0.124. The first kappa shape index (κ1) is 14.0. The second-order valence-corrected chi connectivity index (χ2v) is 4.65. The number of rotatable bonds is 5. The van der Waals surface area contributed by atoms with Crippen LogP contribution >= 0.6 is 0 Å². The Morgan fingerprint density at radius 3 is 2.95 bits per heavy atom. The highest BCUT2D eigenvalue weighted by atomic mass is 16.2. The van der Waals surface area contributed by atoms with Gasteiger partial charge in [-0.2, -0.15) is 5.10 Å². The Morgan fingerprint density at radius 2 is 2.30 bits per heavy atom. The minimum Gasteiger partial charge on any atom is -0.362 e. The molecule has 0 aliphatic heterocycles. The third kappa shape index (κ3) is 3.11. The molecule has 1 atom stereocenters. The molecule has 0 radical (unpaired) electrons. The zero-order valence-electron chi connectivity index (χ0n) is 11.8. The standard InChI is InChI=1S/C13H18N6O/c1-10(19-9-14-8-17-19)13(20)16-7-11-5-4-6-15-12(11)18(2)3/h4-6,8-10H,7H2,1-3H3,(H,16,20)/t10-/m0/s1. The second-order valence-electron chi connectivity index (χ2n) is 4.65. The van der Waals surface area contributed by atoms with Crippen LogP contribution < -0.4 is 10.2 Å². The maximum absolute atomic E-state index is 12.1. The molecule has 1 amide bonds. The van der Waals surface area contributed by atoms with E-state index in [2.05, 4.69) is 20.4 Å². The molecular weight excluding hydrogens is 256 g/mol. The molecule has 2 aromatic rings. The summed E-state index contributed by atoms with van der Waals surface area (Å²) in [6.07, 6.45) is 4.67. The van der Waals surface area contributed by atoms with E-state index in [1.165, 1.54) is 17.3 Å². The summed E-state index contributed by atoms with van der Waals surface area (Å²) in [5.74, 6) is 0.741. The highest BCUT2D eigenvalue weighted by molar-refractivity contribution is 5.79. The molecule has 7 heteroatoms. The average molecular weight is 274 g/mol. The fourth-order valence-electron chi connectivity index (χ4n) is 1.84. The van der Waals surface area contributed by atoms with Crippen LogP contribution in [-0.2, 0) is 11.3 Å². The highest BCUT2D eigenvalue weighted by Crippen LogP contribution is 2.14. The molecule has 7 nitrogen and oxygen atoms in total. The first-order valence-corrected chi connectivity index (χ1v) is 6.32. The molecule has 0 aliphatic carbocycles. The zero-order chi connectivity index (χ0) is 14.5. The van der Waals surface area contributed by atoms with Crippen molar-refractivity contribution in [2.45, 2.75) is 19.5 Å². The second kappa shape index (κ2) is 6.14.